The minimum atomic E-state index is -0.111. The first kappa shape index (κ1) is 6.58. The summed E-state index contributed by atoms with van der Waals surface area (Å²) < 4.78 is 13.1. The first-order valence-corrected chi connectivity index (χ1v) is 4.44. The van der Waals surface area contributed by atoms with Gasteiger partial charge in [-0.2, -0.15) is 0 Å². The van der Waals surface area contributed by atoms with Gasteiger partial charge in [0.1, 0.15) is 5.82 Å². The normalized spacial score (nSPS) is 21.6. The van der Waals surface area contributed by atoms with E-state index in [0.29, 0.717) is 3.92 Å². The lowest BCUT2D eigenvalue weighted by Gasteiger charge is -2.24. The van der Waals surface area contributed by atoms with Crippen molar-refractivity contribution in [3.05, 3.63) is 35.1 Å². The van der Waals surface area contributed by atoms with Gasteiger partial charge in [0.2, 0.25) is 0 Å². The van der Waals surface area contributed by atoms with Crippen LogP contribution in [0.5, 0.6) is 0 Å². The molecule has 0 aromatic heterocycles. The summed E-state index contributed by atoms with van der Waals surface area (Å²) in [6, 6.07) is 5.04. The Labute approximate surface area is 72.6 Å². The maximum Gasteiger partial charge on any atom is 0.123 e. The molecule has 0 fully saturated rings. The van der Waals surface area contributed by atoms with Gasteiger partial charge in [-0.05, 0) is 29.7 Å². The van der Waals surface area contributed by atoms with Crippen LogP contribution in [-0.2, 0) is 6.42 Å². The van der Waals surface area contributed by atoms with Gasteiger partial charge in [0, 0.05) is 3.92 Å². The smallest absolute Gasteiger partial charge is 0.123 e. The molecule has 10 heavy (non-hydrogen) atoms. The van der Waals surface area contributed by atoms with E-state index < -0.39 is 0 Å². The van der Waals surface area contributed by atoms with E-state index in [4.69, 9.17) is 0 Å². The maximum atomic E-state index is 12.6. The van der Waals surface area contributed by atoms with Crippen LogP contribution in [0.2, 0.25) is 0 Å². The number of benzene rings is 1. The predicted octanol–water partition coefficient (Wildman–Crippen LogP) is 2.86. The highest BCUT2D eigenvalue weighted by Crippen LogP contribution is 2.40. The van der Waals surface area contributed by atoms with Crippen LogP contribution in [0.25, 0.3) is 0 Å². The van der Waals surface area contributed by atoms with Crippen LogP contribution >= 0.6 is 22.6 Å². The van der Waals surface area contributed by atoms with Crippen LogP contribution < -0.4 is 0 Å². The van der Waals surface area contributed by atoms with Crippen LogP contribution in [0.4, 0.5) is 4.39 Å². The minimum absolute atomic E-state index is 0.111. The SMILES string of the molecule is Fc1ccc2c(c1)C(I)C2. The lowest BCUT2D eigenvalue weighted by atomic mass is 9.89. The van der Waals surface area contributed by atoms with Gasteiger partial charge in [0.25, 0.3) is 0 Å². The molecule has 2 heteroatoms. The number of hydrogen-bond acceptors (Lipinski definition) is 0. The highest BCUT2D eigenvalue weighted by atomic mass is 127. The van der Waals surface area contributed by atoms with Crippen molar-refractivity contribution in [1.29, 1.82) is 0 Å². The summed E-state index contributed by atoms with van der Waals surface area (Å²) in [4.78, 5) is 0. The third-order valence-electron chi connectivity index (χ3n) is 1.84. The molecule has 0 bridgehead atoms. The van der Waals surface area contributed by atoms with Crippen molar-refractivity contribution < 1.29 is 4.39 Å². The van der Waals surface area contributed by atoms with E-state index in [1.165, 1.54) is 17.2 Å². The lowest BCUT2D eigenvalue weighted by Crippen LogP contribution is -2.11. The maximum absolute atomic E-state index is 12.6. The fourth-order valence-electron chi connectivity index (χ4n) is 1.22. The van der Waals surface area contributed by atoms with E-state index in [9.17, 15) is 4.39 Å². The molecular weight excluding hydrogens is 242 g/mol. The molecule has 1 atom stereocenters. The summed E-state index contributed by atoms with van der Waals surface area (Å²) in [6.45, 7) is 0. The molecule has 0 spiro atoms. The summed E-state index contributed by atoms with van der Waals surface area (Å²) in [7, 11) is 0. The molecular formula is C8H6FI. The average Bonchev–Trinajstić information content (AvgIpc) is 1.92. The molecule has 1 unspecified atom stereocenters. The minimum Gasteiger partial charge on any atom is -0.207 e. The van der Waals surface area contributed by atoms with E-state index in [1.807, 2.05) is 6.07 Å². The van der Waals surface area contributed by atoms with Crippen LogP contribution in [0.15, 0.2) is 18.2 Å². The fraction of sp³-hybridized carbons (Fsp3) is 0.250. The third kappa shape index (κ3) is 0.856. The Morgan fingerprint density at radius 2 is 2.30 bits per heavy atom. The Balaban J connectivity index is 2.51. The van der Waals surface area contributed by atoms with E-state index in [0.717, 1.165) is 6.42 Å². The lowest BCUT2D eigenvalue weighted by molar-refractivity contribution is 0.619. The Kier molecular flexibility index (Phi) is 1.44. The van der Waals surface area contributed by atoms with Crippen molar-refractivity contribution in [3.8, 4) is 0 Å². The number of fused-ring (bicyclic) bond motifs is 1. The predicted molar refractivity (Wildman–Crippen MR) is 46.9 cm³/mol. The van der Waals surface area contributed by atoms with Crippen LogP contribution in [-0.4, -0.2) is 0 Å². The standard InChI is InChI=1S/C8H6FI/c9-6-2-1-5-3-8(10)7(5)4-6/h1-2,4,8H,3H2. The molecule has 1 aromatic rings. The van der Waals surface area contributed by atoms with Crippen molar-refractivity contribution in [2.75, 3.05) is 0 Å². The summed E-state index contributed by atoms with van der Waals surface area (Å²) in [5.74, 6) is -0.111. The summed E-state index contributed by atoms with van der Waals surface area (Å²) in [5, 5.41) is 0. The summed E-state index contributed by atoms with van der Waals surface area (Å²) in [5.41, 5.74) is 2.49. The van der Waals surface area contributed by atoms with Gasteiger partial charge in [0.05, 0.1) is 0 Å². The molecule has 0 N–H and O–H groups in total. The Morgan fingerprint density at radius 3 is 2.90 bits per heavy atom. The van der Waals surface area contributed by atoms with Gasteiger partial charge in [-0.15, -0.1) is 0 Å². The van der Waals surface area contributed by atoms with Crippen molar-refractivity contribution in [2.45, 2.75) is 10.3 Å². The Bertz CT molecular complexity index is 270. The van der Waals surface area contributed by atoms with E-state index in [-0.39, 0.29) is 5.82 Å². The molecule has 0 radical (unpaired) electrons. The average molecular weight is 248 g/mol. The Hall–Kier alpha value is -0.120. The topological polar surface area (TPSA) is 0 Å². The number of rotatable bonds is 0. The number of alkyl halides is 1. The quantitative estimate of drug-likeness (QED) is 0.489. The zero-order valence-electron chi connectivity index (χ0n) is 5.27. The highest BCUT2D eigenvalue weighted by Gasteiger charge is 2.22. The van der Waals surface area contributed by atoms with Crippen LogP contribution in [0.3, 0.4) is 0 Å². The van der Waals surface area contributed by atoms with Gasteiger partial charge in [-0.1, -0.05) is 28.7 Å². The van der Waals surface area contributed by atoms with Crippen molar-refractivity contribution in [3.63, 3.8) is 0 Å². The largest absolute Gasteiger partial charge is 0.207 e. The van der Waals surface area contributed by atoms with Gasteiger partial charge >= 0.3 is 0 Å². The molecule has 0 heterocycles. The first-order valence-electron chi connectivity index (χ1n) is 3.20. The zero-order chi connectivity index (χ0) is 7.14. The van der Waals surface area contributed by atoms with E-state index >= 15 is 0 Å². The molecule has 1 aliphatic rings. The molecule has 52 valence electrons. The van der Waals surface area contributed by atoms with Gasteiger partial charge in [-0.25, -0.2) is 4.39 Å². The summed E-state index contributed by atoms with van der Waals surface area (Å²) in [6.07, 6.45) is 1.11. The van der Waals surface area contributed by atoms with Gasteiger partial charge in [-0.3, -0.25) is 0 Å². The third-order valence-corrected chi connectivity index (χ3v) is 2.96. The second-order valence-electron chi connectivity index (χ2n) is 2.51. The second-order valence-corrected chi connectivity index (χ2v) is 4.02. The van der Waals surface area contributed by atoms with Crippen molar-refractivity contribution >= 4 is 22.6 Å². The molecule has 0 aliphatic heterocycles. The first-order chi connectivity index (χ1) is 4.77. The molecule has 0 nitrogen and oxygen atoms in total. The van der Waals surface area contributed by atoms with Crippen LogP contribution in [0, 0.1) is 5.82 Å². The highest BCUT2D eigenvalue weighted by molar-refractivity contribution is 14.1. The van der Waals surface area contributed by atoms with E-state index in [1.54, 1.807) is 6.07 Å². The molecule has 0 amide bonds. The second kappa shape index (κ2) is 2.19. The zero-order valence-corrected chi connectivity index (χ0v) is 7.43. The number of hydrogen-bond donors (Lipinski definition) is 0. The van der Waals surface area contributed by atoms with Gasteiger partial charge in [0.15, 0.2) is 0 Å². The Morgan fingerprint density at radius 1 is 1.50 bits per heavy atom. The van der Waals surface area contributed by atoms with E-state index in [2.05, 4.69) is 22.6 Å². The molecule has 1 aromatic carbocycles. The van der Waals surface area contributed by atoms with Crippen molar-refractivity contribution in [1.82, 2.24) is 0 Å². The summed E-state index contributed by atoms with van der Waals surface area (Å²) >= 11 is 2.33. The molecule has 1 aliphatic carbocycles. The molecule has 0 saturated carbocycles. The molecule has 2 rings (SSSR count). The van der Waals surface area contributed by atoms with Crippen LogP contribution in [0.1, 0.15) is 15.1 Å². The van der Waals surface area contributed by atoms with Gasteiger partial charge < -0.3 is 0 Å². The monoisotopic (exact) mass is 248 g/mol. The fourth-order valence-corrected chi connectivity index (χ4v) is 2.27. The molecule has 0 saturated heterocycles. The number of halogens is 2. The van der Waals surface area contributed by atoms with Crippen molar-refractivity contribution in [2.24, 2.45) is 0 Å².